The zero-order valence-electron chi connectivity index (χ0n) is 11.8. The lowest BCUT2D eigenvalue weighted by molar-refractivity contribution is -0.385. The number of aromatic hydroxyl groups is 1. The van der Waals surface area contributed by atoms with Crippen molar-refractivity contribution in [1.29, 1.82) is 0 Å². The van der Waals surface area contributed by atoms with Gasteiger partial charge in [0.05, 0.1) is 4.92 Å². The molecule has 0 fully saturated rings. The monoisotopic (exact) mass is 312 g/mol. The minimum atomic E-state index is -0.502. The van der Waals surface area contributed by atoms with Crippen LogP contribution in [0.2, 0.25) is 0 Å². The van der Waals surface area contributed by atoms with Crippen LogP contribution in [0.3, 0.4) is 0 Å². The van der Waals surface area contributed by atoms with Gasteiger partial charge in [0.25, 0.3) is 0 Å². The molecule has 0 bridgehead atoms. The van der Waals surface area contributed by atoms with Crippen LogP contribution in [0.25, 0.3) is 11.4 Å². The van der Waals surface area contributed by atoms with Crippen molar-refractivity contribution in [3.05, 3.63) is 64.5 Å². The maximum atomic E-state index is 10.9. The number of H-pyrrole nitrogens is 1. The van der Waals surface area contributed by atoms with Gasteiger partial charge in [0.15, 0.2) is 17.4 Å². The molecule has 0 amide bonds. The van der Waals surface area contributed by atoms with Crippen molar-refractivity contribution < 1.29 is 14.8 Å². The van der Waals surface area contributed by atoms with Gasteiger partial charge in [-0.25, -0.2) is 4.98 Å². The van der Waals surface area contributed by atoms with Gasteiger partial charge >= 0.3 is 5.69 Å². The largest absolute Gasteiger partial charge is 0.508 e. The molecule has 1 heterocycles. The topological polar surface area (TPSA) is 114 Å². The Labute approximate surface area is 130 Å². The van der Waals surface area contributed by atoms with Crippen LogP contribution in [-0.4, -0.2) is 25.2 Å². The van der Waals surface area contributed by atoms with Crippen LogP contribution >= 0.6 is 0 Å². The molecule has 8 heteroatoms. The Kier molecular flexibility index (Phi) is 3.88. The fraction of sp³-hybridized carbons (Fsp3) is 0.0667. The number of nitro groups is 1. The minimum Gasteiger partial charge on any atom is -0.508 e. The average Bonchev–Trinajstić information content (AvgIpc) is 3.03. The molecule has 0 aliphatic heterocycles. The second kappa shape index (κ2) is 6.14. The highest BCUT2D eigenvalue weighted by Gasteiger charge is 2.14. The molecule has 0 spiro atoms. The third-order valence-corrected chi connectivity index (χ3v) is 3.08. The molecule has 2 N–H and O–H groups in total. The highest BCUT2D eigenvalue weighted by molar-refractivity contribution is 5.55. The van der Waals surface area contributed by atoms with E-state index in [1.807, 2.05) is 0 Å². The summed E-state index contributed by atoms with van der Waals surface area (Å²) < 4.78 is 5.44. The van der Waals surface area contributed by atoms with E-state index in [4.69, 9.17) is 4.74 Å². The molecule has 0 aliphatic carbocycles. The van der Waals surface area contributed by atoms with E-state index >= 15 is 0 Å². The highest BCUT2D eigenvalue weighted by Crippen LogP contribution is 2.26. The normalized spacial score (nSPS) is 10.4. The summed E-state index contributed by atoms with van der Waals surface area (Å²) in [6.07, 6.45) is 0. The lowest BCUT2D eigenvalue weighted by Gasteiger charge is -2.03. The van der Waals surface area contributed by atoms with Gasteiger partial charge < -0.3 is 9.84 Å². The molecule has 3 aromatic rings. The maximum Gasteiger partial charge on any atom is 0.310 e. The zero-order chi connectivity index (χ0) is 16.2. The second-order valence-corrected chi connectivity index (χ2v) is 4.67. The van der Waals surface area contributed by atoms with Crippen LogP contribution < -0.4 is 4.74 Å². The van der Waals surface area contributed by atoms with Crippen molar-refractivity contribution in [2.75, 3.05) is 0 Å². The van der Waals surface area contributed by atoms with Crippen molar-refractivity contribution in [2.45, 2.75) is 6.61 Å². The number of benzene rings is 2. The number of hydrogen-bond acceptors (Lipinski definition) is 6. The number of nitrogens with zero attached hydrogens (tertiary/aromatic N) is 3. The van der Waals surface area contributed by atoms with E-state index in [1.54, 1.807) is 24.3 Å². The van der Waals surface area contributed by atoms with Crippen LogP contribution in [0, 0.1) is 10.1 Å². The number of aromatic nitrogens is 3. The first-order valence-electron chi connectivity index (χ1n) is 6.70. The summed E-state index contributed by atoms with van der Waals surface area (Å²) in [6.45, 7) is 0.0237. The van der Waals surface area contributed by atoms with Gasteiger partial charge in [-0.2, -0.15) is 5.10 Å². The van der Waals surface area contributed by atoms with Crippen LogP contribution in [0.1, 0.15) is 5.82 Å². The van der Waals surface area contributed by atoms with Crippen molar-refractivity contribution in [3.63, 3.8) is 0 Å². The quantitative estimate of drug-likeness (QED) is 0.553. The number of para-hydroxylation sites is 2. The van der Waals surface area contributed by atoms with Gasteiger partial charge in [-0.15, -0.1) is 0 Å². The summed E-state index contributed by atoms with van der Waals surface area (Å²) in [5, 5.41) is 27.0. The molecule has 0 saturated carbocycles. The number of phenolic OH excluding ortho intramolecular Hbond substituents is 1. The number of nitro benzene ring substituents is 1. The van der Waals surface area contributed by atoms with E-state index in [0.29, 0.717) is 11.6 Å². The Balaban J connectivity index is 1.73. The van der Waals surface area contributed by atoms with E-state index in [0.717, 1.165) is 5.56 Å². The highest BCUT2D eigenvalue weighted by atomic mass is 16.6. The lowest BCUT2D eigenvalue weighted by Crippen LogP contribution is -2.00. The number of aromatic amines is 1. The number of rotatable bonds is 5. The van der Waals surface area contributed by atoms with Crippen molar-refractivity contribution >= 4 is 5.69 Å². The molecule has 0 saturated heterocycles. The minimum absolute atomic E-state index is 0.0237. The fourth-order valence-electron chi connectivity index (χ4n) is 1.98. The Morgan fingerprint density at radius 3 is 2.65 bits per heavy atom. The van der Waals surface area contributed by atoms with Gasteiger partial charge in [-0.05, 0) is 30.3 Å². The van der Waals surface area contributed by atoms with Crippen LogP contribution in [-0.2, 0) is 6.61 Å². The van der Waals surface area contributed by atoms with Crippen molar-refractivity contribution in [3.8, 4) is 22.9 Å². The van der Waals surface area contributed by atoms with E-state index in [-0.39, 0.29) is 23.8 Å². The Hall–Kier alpha value is -3.42. The van der Waals surface area contributed by atoms with Crippen molar-refractivity contribution in [2.24, 2.45) is 0 Å². The van der Waals surface area contributed by atoms with E-state index in [2.05, 4.69) is 15.2 Å². The predicted molar refractivity (Wildman–Crippen MR) is 80.9 cm³/mol. The summed E-state index contributed by atoms with van der Waals surface area (Å²) in [4.78, 5) is 14.7. The smallest absolute Gasteiger partial charge is 0.310 e. The van der Waals surface area contributed by atoms with Crippen LogP contribution in [0.15, 0.2) is 48.5 Å². The molecule has 3 rings (SSSR count). The molecular weight excluding hydrogens is 300 g/mol. The second-order valence-electron chi connectivity index (χ2n) is 4.67. The molecule has 116 valence electrons. The van der Waals surface area contributed by atoms with Gasteiger partial charge in [0.2, 0.25) is 0 Å². The molecule has 1 aromatic heterocycles. The van der Waals surface area contributed by atoms with Gasteiger partial charge in [-0.3, -0.25) is 15.2 Å². The zero-order valence-corrected chi connectivity index (χ0v) is 11.8. The molecule has 23 heavy (non-hydrogen) atoms. The Morgan fingerprint density at radius 2 is 1.91 bits per heavy atom. The third-order valence-electron chi connectivity index (χ3n) is 3.08. The molecule has 0 atom stereocenters. The number of hydrogen-bond donors (Lipinski definition) is 2. The Morgan fingerprint density at radius 1 is 1.17 bits per heavy atom. The molecule has 0 unspecified atom stereocenters. The van der Waals surface area contributed by atoms with Crippen molar-refractivity contribution in [1.82, 2.24) is 15.2 Å². The number of phenols is 1. The molecule has 2 aromatic carbocycles. The summed E-state index contributed by atoms with van der Waals surface area (Å²) in [5.74, 6) is 1.21. The third kappa shape index (κ3) is 3.26. The summed E-state index contributed by atoms with van der Waals surface area (Å²) in [5.41, 5.74) is 0.627. The average molecular weight is 312 g/mol. The lowest BCUT2D eigenvalue weighted by atomic mass is 10.2. The maximum absolute atomic E-state index is 10.9. The molecular formula is C15H12N4O4. The van der Waals surface area contributed by atoms with Crippen LogP contribution in [0.5, 0.6) is 11.5 Å². The summed E-state index contributed by atoms with van der Waals surface area (Å²) in [7, 11) is 0. The number of ether oxygens (including phenoxy) is 1. The fourth-order valence-corrected chi connectivity index (χ4v) is 1.98. The number of nitrogens with one attached hydrogen (secondary N) is 1. The first-order valence-corrected chi connectivity index (χ1v) is 6.70. The first kappa shape index (κ1) is 14.5. The van der Waals surface area contributed by atoms with Gasteiger partial charge in [0.1, 0.15) is 12.4 Å². The first-order chi connectivity index (χ1) is 11.1. The predicted octanol–water partition coefficient (Wildman–Crippen LogP) is 2.66. The van der Waals surface area contributed by atoms with E-state index in [9.17, 15) is 15.2 Å². The molecule has 8 nitrogen and oxygen atoms in total. The standard InChI is InChI=1S/C15H12N4O4/c20-11-7-5-10(6-8-11)15-16-14(17-18-15)9-23-13-4-2-1-3-12(13)19(21)22/h1-8,20H,9H2,(H,16,17,18). The molecule has 0 aliphatic rings. The van der Waals surface area contributed by atoms with Gasteiger partial charge in [0, 0.05) is 11.6 Å². The van der Waals surface area contributed by atoms with Crippen LogP contribution in [0.4, 0.5) is 5.69 Å². The van der Waals surface area contributed by atoms with E-state index in [1.165, 1.54) is 24.3 Å². The summed E-state index contributed by atoms with van der Waals surface area (Å²) in [6, 6.07) is 12.6. The van der Waals surface area contributed by atoms with E-state index < -0.39 is 4.92 Å². The summed E-state index contributed by atoms with van der Waals surface area (Å²) >= 11 is 0. The van der Waals surface area contributed by atoms with Gasteiger partial charge in [-0.1, -0.05) is 12.1 Å². The Bertz CT molecular complexity index is 830. The SMILES string of the molecule is O=[N+]([O-])c1ccccc1OCc1nc(-c2ccc(O)cc2)n[nH]1. The molecule has 0 radical (unpaired) electrons.